The first-order chi connectivity index (χ1) is 8.07. The fourth-order valence-electron chi connectivity index (χ4n) is 1.88. The molecule has 0 aliphatic heterocycles. The number of carbonyl (C=O) groups is 1. The number of aliphatic carboxylic acids is 1. The molecule has 0 radical (unpaired) electrons. The molecule has 2 N–H and O–H groups in total. The lowest BCUT2D eigenvalue weighted by atomic mass is 9.76. The summed E-state index contributed by atoms with van der Waals surface area (Å²) in [7, 11) is 0. The molecule has 17 heavy (non-hydrogen) atoms. The van der Waals surface area contributed by atoms with E-state index < -0.39 is 11.5 Å². The second-order valence-corrected chi connectivity index (χ2v) is 4.58. The molecule has 5 heteroatoms. The third-order valence-corrected chi connectivity index (χ3v) is 3.40. The Labute approximate surface area is 104 Å². The van der Waals surface area contributed by atoms with E-state index in [0.717, 1.165) is 6.42 Å². The van der Waals surface area contributed by atoms with Crippen LogP contribution in [0.25, 0.3) is 0 Å². The van der Waals surface area contributed by atoms with Crippen LogP contribution in [0.5, 0.6) is 0 Å². The number of hydrogen-bond acceptors (Lipinski definition) is 3. The summed E-state index contributed by atoms with van der Waals surface area (Å²) in [4.78, 5) is 11.2. The number of benzene rings is 1. The van der Waals surface area contributed by atoms with Crippen molar-refractivity contribution in [2.24, 2.45) is 0 Å². The number of carboxylic acid groups (broad SMARTS) is 1. The maximum absolute atomic E-state index is 11.2. The lowest BCUT2D eigenvalue weighted by Crippen LogP contribution is -2.52. The number of rotatable bonds is 3. The molecule has 1 aliphatic rings. The highest BCUT2D eigenvalue weighted by Gasteiger charge is 2.44. The fourth-order valence-corrected chi connectivity index (χ4v) is 2.11. The molecular formula is C12H11ClN2O2. The Bertz CT molecular complexity index is 504. The molecule has 0 amide bonds. The van der Waals surface area contributed by atoms with Gasteiger partial charge in [0.05, 0.1) is 10.6 Å². The molecule has 1 fully saturated rings. The first-order valence-corrected chi connectivity index (χ1v) is 5.66. The van der Waals surface area contributed by atoms with Crippen LogP contribution in [0.2, 0.25) is 5.02 Å². The Morgan fingerprint density at radius 1 is 1.53 bits per heavy atom. The van der Waals surface area contributed by atoms with E-state index in [1.54, 1.807) is 18.2 Å². The number of halogens is 1. The maximum Gasteiger partial charge on any atom is 0.329 e. The van der Waals surface area contributed by atoms with E-state index >= 15 is 0 Å². The minimum atomic E-state index is -0.864. The van der Waals surface area contributed by atoms with E-state index in [9.17, 15) is 4.79 Å². The van der Waals surface area contributed by atoms with E-state index in [0.29, 0.717) is 29.1 Å². The van der Waals surface area contributed by atoms with E-state index in [1.165, 1.54) is 0 Å². The molecule has 0 bridgehead atoms. The number of nitrogens with one attached hydrogen (secondary N) is 1. The van der Waals surface area contributed by atoms with E-state index in [4.69, 9.17) is 22.0 Å². The van der Waals surface area contributed by atoms with Gasteiger partial charge >= 0.3 is 5.97 Å². The van der Waals surface area contributed by atoms with Crippen LogP contribution in [0.3, 0.4) is 0 Å². The average Bonchev–Trinajstić information content (AvgIpc) is 2.23. The zero-order valence-electron chi connectivity index (χ0n) is 9.03. The highest BCUT2D eigenvalue weighted by molar-refractivity contribution is 6.32. The van der Waals surface area contributed by atoms with Crippen molar-refractivity contribution in [3.05, 3.63) is 28.8 Å². The summed E-state index contributed by atoms with van der Waals surface area (Å²) in [5.74, 6) is -0.843. The zero-order valence-corrected chi connectivity index (χ0v) is 9.79. The number of carboxylic acids is 1. The Morgan fingerprint density at radius 2 is 2.24 bits per heavy atom. The standard InChI is InChI=1S/C12H11ClN2O2/c13-10-6-9(3-2-8(10)7-14)15-12(11(16)17)4-1-5-12/h2-3,6,15H,1,4-5H2,(H,16,17). The van der Waals surface area contributed by atoms with E-state index in [-0.39, 0.29) is 0 Å². The lowest BCUT2D eigenvalue weighted by Gasteiger charge is -2.39. The van der Waals surface area contributed by atoms with Crippen molar-refractivity contribution in [3.63, 3.8) is 0 Å². The van der Waals surface area contributed by atoms with Gasteiger partial charge in [-0.15, -0.1) is 0 Å². The molecule has 1 aliphatic carbocycles. The SMILES string of the molecule is N#Cc1ccc(NC2(C(=O)O)CCC2)cc1Cl. The van der Waals surface area contributed by atoms with Crippen LogP contribution in [-0.2, 0) is 4.79 Å². The Kier molecular flexibility index (Phi) is 2.95. The van der Waals surface area contributed by atoms with Gasteiger partial charge in [0, 0.05) is 5.69 Å². The third-order valence-electron chi connectivity index (χ3n) is 3.09. The number of anilines is 1. The lowest BCUT2D eigenvalue weighted by molar-refractivity contribution is -0.145. The van der Waals surface area contributed by atoms with Crippen LogP contribution >= 0.6 is 11.6 Å². The summed E-state index contributed by atoms with van der Waals surface area (Å²) < 4.78 is 0. The molecule has 4 nitrogen and oxygen atoms in total. The van der Waals surface area contributed by atoms with Crippen LogP contribution in [0.15, 0.2) is 18.2 Å². The Balaban J connectivity index is 2.22. The molecule has 1 saturated carbocycles. The van der Waals surface area contributed by atoms with Gasteiger partial charge in [-0.25, -0.2) is 4.79 Å². The van der Waals surface area contributed by atoms with Gasteiger partial charge in [0.2, 0.25) is 0 Å². The van der Waals surface area contributed by atoms with E-state index in [2.05, 4.69) is 5.32 Å². The Morgan fingerprint density at radius 3 is 2.65 bits per heavy atom. The van der Waals surface area contributed by atoms with Gasteiger partial charge < -0.3 is 10.4 Å². The summed E-state index contributed by atoms with van der Waals surface area (Å²) in [5, 5.41) is 21.2. The van der Waals surface area contributed by atoms with Gasteiger partial charge in [0.15, 0.2) is 0 Å². The quantitative estimate of drug-likeness (QED) is 0.865. The highest BCUT2D eigenvalue weighted by Crippen LogP contribution is 2.36. The molecular weight excluding hydrogens is 240 g/mol. The maximum atomic E-state index is 11.2. The van der Waals surface area contributed by atoms with Crippen molar-refractivity contribution >= 4 is 23.3 Å². The molecule has 0 unspecified atom stereocenters. The highest BCUT2D eigenvalue weighted by atomic mass is 35.5. The Hall–Kier alpha value is -1.73. The first kappa shape index (κ1) is 11.7. The van der Waals surface area contributed by atoms with Crippen LogP contribution in [0.4, 0.5) is 5.69 Å². The molecule has 88 valence electrons. The van der Waals surface area contributed by atoms with Gasteiger partial charge in [0.1, 0.15) is 11.6 Å². The first-order valence-electron chi connectivity index (χ1n) is 5.29. The second kappa shape index (κ2) is 4.27. The molecule has 2 rings (SSSR count). The van der Waals surface area contributed by atoms with Gasteiger partial charge in [0.25, 0.3) is 0 Å². The van der Waals surface area contributed by atoms with Crippen molar-refractivity contribution in [1.29, 1.82) is 5.26 Å². The predicted molar refractivity (Wildman–Crippen MR) is 64.0 cm³/mol. The van der Waals surface area contributed by atoms with Gasteiger partial charge in [-0.1, -0.05) is 11.6 Å². The summed E-state index contributed by atoms with van der Waals surface area (Å²) in [6, 6.07) is 6.80. The smallest absolute Gasteiger partial charge is 0.329 e. The van der Waals surface area contributed by atoms with Crippen molar-refractivity contribution < 1.29 is 9.90 Å². The minimum Gasteiger partial charge on any atom is -0.480 e. The monoisotopic (exact) mass is 250 g/mol. The van der Waals surface area contributed by atoms with Crippen molar-refractivity contribution in [3.8, 4) is 6.07 Å². The number of hydrogen-bond donors (Lipinski definition) is 2. The van der Waals surface area contributed by atoms with Crippen LogP contribution in [-0.4, -0.2) is 16.6 Å². The van der Waals surface area contributed by atoms with Crippen LogP contribution in [0.1, 0.15) is 24.8 Å². The normalized spacial score (nSPS) is 16.7. The summed E-state index contributed by atoms with van der Waals surface area (Å²) in [6.45, 7) is 0. The van der Waals surface area contributed by atoms with Gasteiger partial charge in [-0.3, -0.25) is 0 Å². The number of nitriles is 1. The molecule has 0 heterocycles. The summed E-state index contributed by atoms with van der Waals surface area (Å²) >= 11 is 5.89. The van der Waals surface area contributed by atoms with Crippen molar-refractivity contribution in [2.45, 2.75) is 24.8 Å². The molecule has 0 atom stereocenters. The summed E-state index contributed by atoms with van der Waals surface area (Å²) in [6.07, 6.45) is 2.13. The topological polar surface area (TPSA) is 73.1 Å². The predicted octanol–water partition coefficient (Wildman–Crippen LogP) is 2.63. The summed E-state index contributed by atoms with van der Waals surface area (Å²) in [5.41, 5.74) is 0.156. The second-order valence-electron chi connectivity index (χ2n) is 4.17. The van der Waals surface area contributed by atoms with Crippen molar-refractivity contribution in [1.82, 2.24) is 0 Å². The fraction of sp³-hybridized carbons (Fsp3) is 0.333. The molecule has 0 saturated heterocycles. The van der Waals surface area contributed by atoms with E-state index in [1.807, 2.05) is 6.07 Å². The van der Waals surface area contributed by atoms with Crippen LogP contribution < -0.4 is 5.32 Å². The molecule has 1 aromatic rings. The van der Waals surface area contributed by atoms with Gasteiger partial charge in [-0.2, -0.15) is 5.26 Å². The molecule has 0 spiro atoms. The van der Waals surface area contributed by atoms with Gasteiger partial charge in [-0.05, 0) is 37.5 Å². The average molecular weight is 251 g/mol. The minimum absolute atomic E-state index is 0.331. The largest absolute Gasteiger partial charge is 0.480 e. The van der Waals surface area contributed by atoms with Crippen molar-refractivity contribution in [2.75, 3.05) is 5.32 Å². The van der Waals surface area contributed by atoms with Crippen LogP contribution in [0, 0.1) is 11.3 Å². The number of nitrogens with zero attached hydrogens (tertiary/aromatic N) is 1. The molecule has 1 aromatic carbocycles. The third kappa shape index (κ3) is 2.06. The molecule has 0 aromatic heterocycles. The zero-order chi connectivity index (χ0) is 12.5.